The van der Waals surface area contributed by atoms with E-state index in [1.54, 1.807) is 39.8 Å². The van der Waals surface area contributed by atoms with E-state index in [0.717, 1.165) is 105 Å². The smallest absolute Gasteiger partial charge is 0.478 e. The van der Waals surface area contributed by atoms with Gasteiger partial charge in [-0.25, -0.2) is 47.9 Å². The van der Waals surface area contributed by atoms with Crippen LogP contribution in [0.3, 0.4) is 0 Å². The molecule has 6 aliphatic rings. The summed E-state index contributed by atoms with van der Waals surface area (Å²) >= 11 is 0. The van der Waals surface area contributed by atoms with Gasteiger partial charge in [-0.2, -0.15) is 8.62 Å². The van der Waals surface area contributed by atoms with Crippen molar-refractivity contribution in [3.63, 3.8) is 0 Å². The van der Waals surface area contributed by atoms with Crippen LogP contribution in [-0.2, 0) is 80.9 Å². The van der Waals surface area contributed by atoms with Crippen molar-refractivity contribution >= 4 is 97.2 Å². The highest BCUT2D eigenvalue weighted by Gasteiger charge is 2.43. The number of carbonyl (C=O) groups is 4. The Kier molecular flexibility index (Phi) is 24.7. The molecule has 0 spiro atoms. The van der Waals surface area contributed by atoms with Crippen LogP contribution in [0, 0.1) is 12.0 Å². The first kappa shape index (κ1) is 74.5. The maximum atomic E-state index is 13.9. The zero-order valence-corrected chi connectivity index (χ0v) is 59.5. The highest BCUT2D eigenvalue weighted by Crippen LogP contribution is 2.66. The van der Waals surface area contributed by atoms with Crippen LogP contribution in [0.4, 0.5) is 21.1 Å². The maximum absolute atomic E-state index is 13.9. The van der Waals surface area contributed by atoms with Crippen molar-refractivity contribution in [2.75, 3.05) is 115 Å². The fraction of sp³-hybridized carbons (Fsp3) is 0.516. The molecule has 540 valence electrons. The van der Waals surface area contributed by atoms with Gasteiger partial charge in [0.1, 0.15) is 48.3 Å². The van der Waals surface area contributed by atoms with E-state index in [9.17, 15) is 47.8 Å². The summed E-state index contributed by atoms with van der Waals surface area (Å²) in [5, 5.41) is 21.3. The number of amides is 3. The number of nitrogen functional groups attached to an aromatic ring is 1. The molecule has 36 heteroatoms. The van der Waals surface area contributed by atoms with Gasteiger partial charge < -0.3 is 83.7 Å². The molecule has 2 aromatic heterocycles. The number of rotatable bonds is 32. The lowest BCUT2D eigenvalue weighted by Crippen LogP contribution is -2.45. The van der Waals surface area contributed by atoms with Crippen LogP contribution in [0.15, 0.2) is 42.9 Å². The number of phosphoric acid groups is 3. The van der Waals surface area contributed by atoms with Crippen molar-refractivity contribution in [3.05, 3.63) is 104 Å². The van der Waals surface area contributed by atoms with Gasteiger partial charge in [-0.15, -0.1) is 0 Å². The Morgan fingerprint density at radius 1 is 0.800 bits per heavy atom. The first-order valence-corrected chi connectivity index (χ1v) is 39.7. The lowest BCUT2D eigenvalue weighted by molar-refractivity contribution is 0.0486. The van der Waals surface area contributed by atoms with Gasteiger partial charge in [0.25, 0.3) is 5.91 Å². The quantitative estimate of drug-likeness (QED) is 0.00422. The number of aromatic nitrogens is 3. The Bertz CT molecular complexity index is 4270. The van der Waals surface area contributed by atoms with Gasteiger partial charge in [-0.1, -0.05) is 21.6 Å². The number of carboxylic acid groups (broad SMARTS) is 1. The number of alkyl carbamates (subject to hydrolysis) is 2. The lowest BCUT2D eigenvalue weighted by Gasteiger charge is -2.39. The van der Waals surface area contributed by atoms with Gasteiger partial charge in [0.05, 0.1) is 87.1 Å². The van der Waals surface area contributed by atoms with E-state index < -0.39 is 60.4 Å². The Morgan fingerprint density at radius 2 is 1.53 bits per heavy atom. The maximum Gasteiger partial charge on any atom is 0.490 e. The van der Waals surface area contributed by atoms with Crippen LogP contribution >= 0.6 is 45.1 Å². The highest BCUT2D eigenvalue weighted by molar-refractivity contribution is 8.77. The number of aromatic carboxylic acids is 1. The molecule has 3 aromatic carbocycles. The molecule has 6 aliphatic heterocycles. The third-order valence-electron chi connectivity index (χ3n) is 17.5. The highest BCUT2D eigenvalue weighted by atomic mass is 33.1. The summed E-state index contributed by atoms with van der Waals surface area (Å²) in [5.41, 5.74) is 15.7. The average molecular weight is 1490 g/mol. The number of anilines is 2. The number of ether oxygens (including phenoxy) is 7. The van der Waals surface area contributed by atoms with Crippen LogP contribution in [0.1, 0.15) is 131 Å². The van der Waals surface area contributed by atoms with Crippen LogP contribution in [-0.4, -0.2) is 179 Å². The Balaban J connectivity index is 0.535. The number of carbonyl (C=O) groups excluding carboxylic acids is 3. The van der Waals surface area contributed by atoms with Crippen LogP contribution < -0.4 is 46.5 Å². The molecule has 3 amide bonds. The van der Waals surface area contributed by atoms with Gasteiger partial charge >= 0.3 is 41.6 Å². The number of carboxylic acids is 1. The Hall–Kier alpha value is -6.66. The van der Waals surface area contributed by atoms with E-state index in [1.807, 2.05) is 13.8 Å². The van der Waals surface area contributed by atoms with E-state index in [-0.39, 0.29) is 87.8 Å². The Labute approximate surface area is 583 Å². The molecule has 4 atom stereocenters. The molecule has 3 unspecified atom stereocenters. The van der Waals surface area contributed by atoms with Gasteiger partial charge in [-0.3, -0.25) is 9.32 Å². The average Bonchev–Trinajstić information content (AvgIpc) is 0.875. The van der Waals surface area contributed by atoms with Crippen LogP contribution in [0.2, 0.25) is 0 Å². The molecular weight excluding hydrogens is 1400 g/mol. The number of fused-ring (bicyclic) bond motifs is 5. The summed E-state index contributed by atoms with van der Waals surface area (Å²) in [7, 11) is -13.5. The van der Waals surface area contributed by atoms with Crippen molar-refractivity contribution in [1.29, 1.82) is 0 Å². The third kappa shape index (κ3) is 18.9. The van der Waals surface area contributed by atoms with Gasteiger partial charge in [-0.05, 0) is 125 Å². The number of unbranched alkanes of at least 4 members (excludes halogenated alkanes) is 1. The molecule has 0 radical (unpaired) electrons. The number of nitrogens with one attached hydrogen (secondary N) is 3. The van der Waals surface area contributed by atoms with Crippen molar-refractivity contribution in [2.45, 2.75) is 108 Å². The molecule has 0 aliphatic carbocycles. The monoisotopic (exact) mass is 1480 g/mol. The SMILES string of the molecule is CC(C)(CCOC(=O)NCCOCCOCCNC(=O)c1ccc(C(=O)O)c(C2=c3cc4c5c(c3Oc3c2cc2c6c3CCCN6CCC2)CCC[N+]=5CCC4)c1)SSCOCCCCOC(=O)NC#Cc1cn(C2CO[C@H](COP(=O)(O)OP(=O)(O)OP(=O)(O)O)C2)c2ncnc(N)c12. The largest absolute Gasteiger partial charge is 0.490 e. The second-order valence-electron chi connectivity index (χ2n) is 25.0. The van der Waals surface area contributed by atoms with Crippen molar-refractivity contribution in [2.24, 2.45) is 0 Å². The predicted molar refractivity (Wildman–Crippen MR) is 367 cm³/mol. The number of aryl methyl sites for hydroxylation is 2. The lowest BCUT2D eigenvalue weighted by atomic mass is 9.81. The minimum absolute atomic E-state index is 0.0423. The molecule has 5 aromatic rings. The summed E-state index contributed by atoms with van der Waals surface area (Å²) in [4.78, 5) is 99.4. The standard InChI is InChI=1S/C64H80N9O22P3S2/c1-64(2,100-99-39-88-24-3-4-25-89-62(77)67-17-15-43-35-73(59-52(43)58(65)69-38-70-59)44-34-45(91-36-44)37-92-97(82,83)95-98(84,85)94-96(79,80)81)16-26-90-63(78)68-19-28-87-30-29-86-27-18-66-60(74)42-13-14-46(61(75)76)49(33-42)53-50-31-40-9-5-20-71-22-7-11-47(54(40)71)56(50)93-57-48-12-8-23-72-21-6-10-41(55(48)72)32-51(53)57/h13-14,31-33,35,38,44-45H,3-12,16,18-30,34,36-37,39H2,1-2H3,(H9-,65,66,67,68,69,70,74,75,76,77,78,79,80,81,82,83,84,85)/p+1/t44?,45-/m0/s1. The topological polar surface area (TPSA) is 412 Å². The fourth-order valence-electron chi connectivity index (χ4n) is 13.1. The first-order chi connectivity index (χ1) is 47.9. The molecule has 100 heavy (non-hydrogen) atoms. The minimum Gasteiger partial charge on any atom is -0.478 e. The number of benzene rings is 3. The molecule has 8 heterocycles. The van der Waals surface area contributed by atoms with Gasteiger partial charge in [0.2, 0.25) is 5.36 Å². The summed E-state index contributed by atoms with van der Waals surface area (Å²) < 4.78 is 91.5. The summed E-state index contributed by atoms with van der Waals surface area (Å²) in [5.74, 6) is 3.51. The summed E-state index contributed by atoms with van der Waals surface area (Å²) in [6.45, 7) is 9.63. The minimum atomic E-state index is -5.69. The molecule has 1 fully saturated rings. The third-order valence-corrected chi connectivity index (χ3v) is 24.3. The molecule has 0 saturated carbocycles. The van der Waals surface area contributed by atoms with E-state index in [4.69, 9.17) is 53.2 Å². The normalized spacial score (nSPS) is 18.0. The van der Waals surface area contributed by atoms with E-state index in [2.05, 4.69) is 68.1 Å². The Morgan fingerprint density at radius 3 is 2.31 bits per heavy atom. The first-order valence-electron chi connectivity index (χ1n) is 32.9. The summed E-state index contributed by atoms with van der Waals surface area (Å²) in [6, 6.07) is 11.4. The van der Waals surface area contributed by atoms with Gasteiger partial charge in [0.15, 0.2) is 0 Å². The molecule has 0 bridgehead atoms. The number of phosphoric ester groups is 1. The van der Waals surface area contributed by atoms with E-state index in [0.29, 0.717) is 59.5 Å². The zero-order valence-electron chi connectivity index (χ0n) is 55.1. The molecule has 11 rings (SSSR count). The van der Waals surface area contributed by atoms with Crippen LogP contribution in [0.5, 0.6) is 11.5 Å². The predicted octanol–water partition coefficient (Wildman–Crippen LogP) is 6.35. The number of hydrogen-bond donors (Lipinski definition) is 9. The second-order valence-corrected chi connectivity index (χ2v) is 32.4. The van der Waals surface area contributed by atoms with Crippen molar-refractivity contribution < 1.29 is 104 Å². The molecular formula is C64H81N9O22P3S2+. The number of hydrogen-bond acceptors (Lipinski definition) is 23. The van der Waals surface area contributed by atoms with E-state index in [1.165, 1.54) is 50.4 Å². The number of nitrogens with zero attached hydrogens (tertiary/aromatic N) is 5. The van der Waals surface area contributed by atoms with Crippen molar-refractivity contribution in [1.82, 2.24) is 35.1 Å². The number of nitrogens with two attached hydrogens (primary N) is 1. The molecule has 1 saturated heterocycles. The zero-order chi connectivity index (χ0) is 70.8. The molecule has 31 nitrogen and oxygen atoms in total. The molecule has 10 N–H and O–H groups in total. The second kappa shape index (κ2) is 33.2. The van der Waals surface area contributed by atoms with Crippen molar-refractivity contribution in [3.8, 4) is 23.5 Å². The van der Waals surface area contributed by atoms with Crippen LogP contribution in [0.25, 0.3) is 16.6 Å². The van der Waals surface area contributed by atoms with E-state index >= 15 is 0 Å². The fourth-order valence-corrected chi connectivity index (χ4v) is 18.5. The van der Waals surface area contributed by atoms with Gasteiger partial charge in [0, 0.05) is 101 Å². The summed E-state index contributed by atoms with van der Waals surface area (Å²) in [6.07, 6.45) is 10.2.